The van der Waals surface area contributed by atoms with Crippen molar-refractivity contribution in [3.05, 3.63) is 70.1 Å². The quantitative estimate of drug-likeness (QED) is 0.624. The van der Waals surface area contributed by atoms with Crippen LogP contribution in [0.1, 0.15) is 29.8 Å². The Bertz CT molecular complexity index is 914. The molecular weight excluding hydrogens is 335 g/mol. The number of benzene rings is 2. The molecule has 0 spiro atoms. The van der Waals surface area contributed by atoms with Crippen LogP contribution in [0.25, 0.3) is 10.9 Å². The Labute approximate surface area is 152 Å². The van der Waals surface area contributed by atoms with Crippen LogP contribution in [0, 0.1) is 5.82 Å². The zero-order valence-corrected chi connectivity index (χ0v) is 15.4. The zero-order valence-electron chi connectivity index (χ0n) is 14.6. The van der Waals surface area contributed by atoms with Gasteiger partial charge in [0.1, 0.15) is 5.82 Å². The van der Waals surface area contributed by atoms with E-state index in [1.165, 1.54) is 22.2 Å². The summed E-state index contributed by atoms with van der Waals surface area (Å²) in [5, 5.41) is 2.05. The maximum absolute atomic E-state index is 13.2. The number of fused-ring (bicyclic) bond motifs is 3. The van der Waals surface area contributed by atoms with Crippen LogP contribution >= 0.6 is 11.6 Å². The summed E-state index contributed by atoms with van der Waals surface area (Å²) >= 11 is 6.27. The van der Waals surface area contributed by atoms with Gasteiger partial charge >= 0.3 is 0 Å². The van der Waals surface area contributed by atoms with Gasteiger partial charge in [0.25, 0.3) is 0 Å². The van der Waals surface area contributed by atoms with Crippen LogP contribution < -0.4 is 0 Å². The summed E-state index contributed by atoms with van der Waals surface area (Å²) in [6.07, 6.45) is 1.93. The molecule has 4 heteroatoms. The summed E-state index contributed by atoms with van der Waals surface area (Å²) < 4.78 is 15.7. The van der Waals surface area contributed by atoms with Crippen molar-refractivity contribution in [2.24, 2.45) is 0 Å². The first kappa shape index (κ1) is 16.6. The molecule has 3 aromatic rings. The van der Waals surface area contributed by atoms with Crippen LogP contribution in [0.2, 0.25) is 5.02 Å². The summed E-state index contributed by atoms with van der Waals surface area (Å²) in [7, 11) is 2.17. The highest BCUT2D eigenvalue weighted by Crippen LogP contribution is 2.35. The summed E-state index contributed by atoms with van der Waals surface area (Å²) in [5.74, 6) is -0.183. The van der Waals surface area contributed by atoms with Crippen molar-refractivity contribution in [3.63, 3.8) is 0 Å². The largest absolute Gasteiger partial charge is 0.341 e. The summed E-state index contributed by atoms with van der Waals surface area (Å²) in [5.41, 5.74) is 5.23. The van der Waals surface area contributed by atoms with Gasteiger partial charge in [-0.05, 0) is 61.9 Å². The van der Waals surface area contributed by atoms with E-state index in [4.69, 9.17) is 11.6 Å². The van der Waals surface area contributed by atoms with Crippen LogP contribution in [0.3, 0.4) is 0 Å². The van der Waals surface area contributed by atoms with Gasteiger partial charge in [-0.3, -0.25) is 0 Å². The van der Waals surface area contributed by atoms with Gasteiger partial charge in [0, 0.05) is 47.2 Å². The normalized spacial score (nSPS) is 16.2. The Hall–Kier alpha value is -1.84. The lowest BCUT2D eigenvalue weighted by atomic mass is 10.0. The Morgan fingerprint density at radius 2 is 1.92 bits per heavy atom. The standard InChI is InChI=1S/C21H22ClFN2/c1-14(11-15-3-6-17(23)7-4-15)25-20-8-5-16(22)12-18(20)19-13-24(2)10-9-21(19)25/h3-8,12,14H,9-11,13H2,1-2H3/t14-/m1/s1. The van der Waals surface area contributed by atoms with E-state index in [1.54, 1.807) is 12.1 Å². The minimum Gasteiger partial charge on any atom is -0.341 e. The Balaban J connectivity index is 1.79. The maximum Gasteiger partial charge on any atom is 0.123 e. The highest BCUT2D eigenvalue weighted by Gasteiger charge is 2.24. The minimum absolute atomic E-state index is 0.183. The first-order valence-corrected chi connectivity index (χ1v) is 9.15. The second-order valence-electron chi connectivity index (χ2n) is 7.12. The average molecular weight is 357 g/mol. The number of likely N-dealkylation sites (N-methyl/N-ethyl adjacent to an activating group) is 1. The highest BCUT2D eigenvalue weighted by molar-refractivity contribution is 6.31. The molecule has 0 aliphatic carbocycles. The monoisotopic (exact) mass is 356 g/mol. The molecule has 25 heavy (non-hydrogen) atoms. The molecule has 0 bridgehead atoms. The zero-order chi connectivity index (χ0) is 17.6. The van der Waals surface area contributed by atoms with Gasteiger partial charge in [0.15, 0.2) is 0 Å². The molecule has 0 saturated carbocycles. The van der Waals surface area contributed by atoms with E-state index in [9.17, 15) is 4.39 Å². The molecule has 1 aliphatic rings. The average Bonchev–Trinajstić information content (AvgIpc) is 2.90. The first-order chi connectivity index (χ1) is 12.0. The molecule has 0 saturated heterocycles. The fraction of sp³-hybridized carbons (Fsp3) is 0.333. The number of halogens is 2. The highest BCUT2D eigenvalue weighted by atomic mass is 35.5. The molecule has 1 atom stereocenters. The SMILES string of the molecule is C[C@H](Cc1ccc(F)cc1)n1c2c(c3cc(Cl)ccc31)CN(C)CC2. The van der Waals surface area contributed by atoms with Crippen molar-refractivity contribution in [1.82, 2.24) is 9.47 Å². The van der Waals surface area contributed by atoms with E-state index in [1.807, 2.05) is 18.2 Å². The predicted octanol–water partition coefficient (Wildman–Crippen LogP) is 5.23. The van der Waals surface area contributed by atoms with E-state index < -0.39 is 0 Å². The number of hydrogen-bond donors (Lipinski definition) is 0. The van der Waals surface area contributed by atoms with Crippen molar-refractivity contribution in [1.29, 1.82) is 0 Å². The Morgan fingerprint density at radius 3 is 2.68 bits per heavy atom. The number of hydrogen-bond acceptors (Lipinski definition) is 1. The van der Waals surface area contributed by atoms with Gasteiger partial charge in [-0.25, -0.2) is 4.39 Å². The maximum atomic E-state index is 13.2. The molecular formula is C21H22ClFN2. The molecule has 0 N–H and O–H groups in total. The molecule has 0 unspecified atom stereocenters. The molecule has 2 nitrogen and oxygen atoms in total. The topological polar surface area (TPSA) is 8.17 Å². The van der Waals surface area contributed by atoms with Crippen molar-refractivity contribution < 1.29 is 4.39 Å². The third-order valence-electron chi connectivity index (χ3n) is 5.23. The lowest BCUT2D eigenvalue weighted by Crippen LogP contribution is -2.28. The van der Waals surface area contributed by atoms with Gasteiger partial charge in [0.05, 0.1) is 0 Å². The number of nitrogens with zero attached hydrogens (tertiary/aromatic N) is 2. The van der Waals surface area contributed by atoms with Gasteiger partial charge < -0.3 is 9.47 Å². The fourth-order valence-corrected chi connectivity index (χ4v) is 4.23. The van der Waals surface area contributed by atoms with Crippen LogP contribution in [-0.4, -0.2) is 23.1 Å². The second kappa shape index (κ2) is 6.47. The smallest absolute Gasteiger partial charge is 0.123 e. The number of aromatic nitrogens is 1. The Morgan fingerprint density at radius 1 is 1.16 bits per heavy atom. The molecule has 0 radical (unpaired) electrons. The number of rotatable bonds is 3. The molecule has 0 fully saturated rings. The molecule has 0 amide bonds. The van der Waals surface area contributed by atoms with E-state index >= 15 is 0 Å². The summed E-state index contributed by atoms with van der Waals surface area (Å²) in [6.45, 7) is 4.28. The van der Waals surface area contributed by atoms with Gasteiger partial charge in [0.2, 0.25) is 0 Å². The fourth-order valence-electron chi connectivity index (χ4n) is 4.06. The van der Waals surface area contributed by atoms with E-state index in [-0.39, 0.29) is 5.82 Å². The third kappa shape index (κ3) is 3.07. The first-order valence-electron chi connectivity index (χ1n) is 8.77. The van der Waals surface area contributed by atoms with Crippen LogP contribution in [-0.2, 0) is 19.4 Å². The molecule has 130 valence electrons. The van der Waals surface area contributed by atoms with E-state index in [0.29, 0.717) is 6.04 Å². The van der Waals surface area contributed by atoms with Gasteiger partial charge in [-0.1, -0.05) is 23.7 Å². The van der Waals surface area contributed by atoms with Crippen LogP contribution in [0.4, 0.5) is 4.39 Å². The van der Waals surface area contributed by atoms with Crippen LogP contribution in [0.15, 0.2) is 42.5 Å². The van der Waals surface area contributed by atoms with Crippen LogP contribution in [0.5, 0.6) is 0 Å². The van der Waals surface area contributed by atoms with Crippen molar-refractivity contribution in [2.75, 3.05) is 13.6 Å². The predicted molar refractivity (Wildman–Crippen MR) is 102 cm³/mol. The second-order valence-corrected chi connectivity index (χ2v) is 7.56. The lowest BCUT2D eigenvalue weighted by Gasteiger charge is -2.26. The van der Waals surface area contributed by atoms with E-state index in [2.05, 4.69) is 35.6 Å². The third-order valence-corrected chi connectivity index (χ3v) is 5.46. The van der Waals surface area contributed by atoms with Crippen molar-refractivity contribution in [2.45, 2.75) is 32.4 Å². The Kier molecular flexibility index (Phi) is 4.30. The minimum atomic E-state index is -0.183. The molecule has 2 aromatic carbocycles. The molecule has 4 rings (SSSR count). The van der Waals surface area contributed by atoms with Crippen molar-refractivity contribution in [3.8, 4) is 0 Å². The molecule has 1 aliphatic heterocycles. The van der Waals surface area contributed by atoms with Gasteiger partial charge in [-0.2, -0.15) is 0 Å². The summed E-state index contributed by atoms with van der Waals surface area (Å²) in [4.78, 5) is 2.36. The van der Waals surface area contributed by atoms with E-state index in [0.717, 1.165) is 36.5 Å². The van der Waals surface area contributed by atoms with Gasteiger partial charge in [-0.15, -0.1) is 0 Å². The molecule has 2 heterocycles. The van der Waals surface area contributed by atoms with Crippen molar-refractivity contribution >= 4 is 22.5 Å². The lowest BCUT2D eigenvalue weighted by molar-refractivity contribution is 0.307. The summed E-state index contributed by atoms with van der Waals surface area (Å²) in [6, 6.07) is 13.4. The molecule has 1 aromatic heterocycles.